The molecule has 3 nitrogen and oxygen atoms in total. The number of ether oxygens (including phenoxy) is 1. The van der Waals surface area contributed by atoms with Crippen LogP contribution in [-0.2, 0) is 14.3 Å². The number of carbonyl (C=O) groups excluding carboxylic acids is 2. The molecular weight excluding hydrogens is 228 g/mol. The summed E-state index contributed by atoms with van der Waals surface area (Å²) in [4.78, 5) is 22.5. The van der Waals surface area contributed by atoms with Gasteiger partial charge in [-0.3, -0.25) is 0 Å². The maximum atomic E-state index is 11.5. The Morgan fingerprint density at radius 3 is 2.94 bits per heavy atom. The molecule has 1 fully saturated rings. The molecule has 0 amide bonds. The second-order valence-corrected chi connectivity index (χ2v) is 5.43. The van der Waals surface area contributed by atoms with E-state index in [1.165, 1.54) is 5.57 Å². The minimum atomic E-state index is -0.238. The van der Waals surface area contributed by atoms with Gasteiger partial charge >= 0.3 is 5.97 Å². The number of esters is 1. The first-order valence-corrected chi connectivity index (χ1v) is 6.57. The predicted molar refractivity (Wildman–Crippen MR) is 68.9 cm³/mol. The molecule has 1 aliphatic heterocycles. The van der Waals surface area contributed by atoms with Crippen molar-refractivity contribution in [3.05, 3.63) is 23.8 Å². The third-order valence-electron chi connectivity index (χ3n) is 4.04. The van der Waals surface area contributed by atoms with Crippen molar-refractivity contribution < 1.29 is 14.3 Å². The zero-order chi connectivity index (χ0) is 13.3. The highest BCUT2D eigenvalue weighted by atomic mass is 16.6. The fourth-order valence-corrected chi connectivity index (χ4v) is 2.83. The summed E-state index contributed by atoms with van der Waals surface area (Å²) < 4.78 is 5.36. The standard InChI is InChI=1S/C15H20O3/c1-9-8-14-13(11(3)15(17)18-14)7-6-12(9)5-4-10(2)16/h6,9,13-14H,3-5,7-8H2,1-2H3/t9-,13?,14?/m0/s1. The summed E-state index contributed by atoms with van der Waals surface area (Å²) in [7, 11) is 0. The molecule has 0 saturated carbocycles. The van der Waals surface area contributed by atoms with Crippen molar-refractivity contribution in [3.8, 4) is 0 Å². The van der Waals surface area contributed by atoms with Gasteiger partial charge in [-0.2, -0.15) is 0 Å². The van der Waals surface area contributed by atoms with Crippen LogP contribution in [0.1, 0.15) is 39.5 Å². The summed E-state index contributed by atoms with van der Waals surface area (Å²) in [5.74, 6) is 0.494. The first-order chi connectivity index (χ1) is 8.49. The van der Waals surface area contributed by atoms with Crippen molar-refractivity contribution in [2.45, 2.75) is 45.6 Å². The molecule has 3 atom stereocenters. The Morgan fingerprint density at radius 1 is 1.56 bits per heavy atom. The Morgan fingerprint density at radius 2 is 2.28 bits per heavy atom. The van der Waals surface area contributed by atoms with Crippen LogP contribution in [0.4, 0.5) is 0 Å². The van der Waals surface area contributed by atoms with E-state index >= 15 is 0 Å². The Balaban J connectivity index is 2.08. The molecule has 0 aromatic carbocycles. The molecule has 1 heterocycles. The highest BCUT2D eigenvalue weighted by molar-refractivity contribution is 5.90. The van der Waals surface area contributed by atoms with Crippen LogP contribution in [0.25, 0.3) is 0 Å². The summed E-state index contributed by atoms with van der Waals surface area (Å²) in [5, 5.41) is 0. The lowest BCUT2D eigenvalue weighted by atomic mass is 9.90. The van der Waals surface area contributed by atoms with Crippen molar-refractivity contribution in [1.82, 2.24) is 0 Å². The molecule has 0 aromatic heterocycles. The van der Waals surface area contributed by atoms with Crippen molar-refractivity contribution in [2.75, 3.05) is 0 Å². The summed E-state index contributed by atoms with van der Waals surface area (Å²) in [6, 6.07) is 0. The minimum Gasteiger partial charge on any atom is -0.458 e. The maximum absolute atomic E-state index is 11.5. The zero-order valence-corrected chi connectivity index (χ0v) is 11.1. The topological polar surface area (TPSA) is 43.4 Å². The van der Waals surface area contributed by atoms with E-state index in [1.54, 1.807) is 6.92 Å². The number of allylic oxidation sites excluding steroid dienone is 2. The second kappa shape index (κ2) is 5.09. The van der Waals surface area contributed by atoms with Crippen molar-refractivity contribution in [3.63, 3.8) is 0 Å². The Hall–Kier alpha value is -1.38. The van der Waals surface area contributed by atoms with Gasteiger partial charge in [-0.15, -0.1) is 0 Å². The highest BCUT2D eigenvalue weighted by Gasteiger charge is 2.40. The Bertz CT molecular complexity index is 419. The van der Waals surface area contributed by atoms with E-state index in [-0.39, 0.29) is 23.8 Å². The number of hydrogen-bond donors (Lipinski definition) is 0. The lowest BCUT2D eigenvalue weighted by molar-refractivity contribution is -0.139. The quantitative estimate of drug-likeness (QED) is 0.438. The summed E-state index contributed by atoms with van der Waals surface area (Å²) in [6.45, 7) is 7.60. The van der Waals surface area contributed by atoms with Crippen LogP contribution >= 0.6 is 0 Å². The summed E-state index contributed by atoms with van der Waals surface area (Å²) >= 11 is 0. The van der Waals surface area contributed by atoms with E-state index < -0.39 is 0 Å². The fraction of sp³-hybridized carbons (Fsp3) is 0.600. The molecule has 98 valence electrons. The molecule has 3 heteroatoms. The largest absolute Gasteiger partial charge is 0.458 e. The molecule has 0 radical (unpaired) electrons. The van der Waals surface area contributed by atoms with Gasteiger partial charge in [0.1, 0.15) is 11.9 Å². The SMILES string of the molecule is C=C1C(=O)OC2C[C@H](C)C(CCC(C)=O)=CCC12. The first kappa shape index (κ1) is 13.1. The lowest BCUT2D eigenvalue weighted by Gasteiger charge is -2.18. The van der Waals surface area contributed by atoms with Gasteiger partial charge in [0.2, 0.25) is 0 Å². The van der Waals surface area contributed by atoms with Crippen LogP contribution in [0.5, 0.6) is 0 Å². The lowest BCUT2D eigenvalue weighted by Crippen LogP contribution is -2.17. The van der Waals surface area contributed by atoms with Gasteiger partial charge in [0.15, 0.2) is 0 Å². The van der Waals surface area contributed by atoms with Gasteiger partial charge in [-0.25, -0.2) is 4.79 Å². The van der Waals surface area contributed by atoms with E-state index in [2.05, 4.69) is 19.6 Å². The third kappa shape index (κ3) is 2.55. The van der Waals surface area contributed by atoms with E-state index in [4.69, 9.17) is 4.74 Å². The van der Waals surface area contributed by atoms with Crippen LogP contribution in [-0.4, -0.2) is 17.9 Å². The van der Waals surface area contributed by atoms with E-state index in [9.17, 15) is 9.59 Å². The van der Waals surface area contributed by atoms with E-state index in [0.717, 1.165) is 19.3 Å². The van der Waals surface area contributed by atoms with Gasteiger partial charge in [-0.05, 0) is 32.1 Å². The van der Waals surface area contributed by atoms with Gasteiger partial charge in [0.25, 0.3) is 0 Å². The predicted octanol–water partition coefficient (Wildman–Crippen LogP) is 2.81. The maximum Gasteiger partial charge on any atom is 0.334 e. The third-order valence-corrected chi connectivity index (χ3v) is 4.04. The molecule has 18 heavy (non-hydrogen) atoms. The number of carbonyl (C=O) groups is 2. The van der Waals surface area contributed by atoms with Gasteiger partial charge in [-0.1, -0.05) is 25.2 Å². The Labute approximate surface area is 108 Å². The monoisotopic (exact) mass is 248 g/mol. The van der Waals surface area contributed by atoms with Crippen LogP contribution in [0, 0.1) is 11.8 Å². The molecule has 2 unspecified atom stereocenters. The second-order valence-electron chi connectivity index (χ2n) is 5.43. The van der Waals surface area contributed by atoms with Gasteiger partial charge in [0.05, 0.1) is 0 Å². The van der Waals surface area contributed by atoms with Gasteiger partial charge < -0.3 is 9.53 Å². The number of fused-ring (bicyclic) bond motifs is 1. The van der Waals surface area contributed by atoms with Crippen LogP contribution in [0.3, 0.4) is 0 Å². The van der Waals surface area contributed by atoms with E-state index in [1.807, 2.05) is 0 Å². The molecule has 0 spiro atoms. The van der Waals surface area contributed by atoms with Crippen LogP contribution in [0.15, 0.2) is 23.8 Å². The zero-order valence-electron chi connectivity index (χ0n) is 11.1. The molecular formula is C15H20O3. The van der Waals surface area contributed by atoms with Crippen LogP contribution < -0.4 is 0 Å². The summed E-state index contributed by atoms with van der Waals surface area (Å²) in [6.07, 6.45) is 5.26. The number of hydrogen-bond acceptors (Lipinski definition) is 3. The molecule has 2 aliphatic rings. The molecule has 2 rings (SSSR count). The van der Waals surface area contributed by atoms with Crippen molar-refractivity contribution in [1.29, 1.82) is 0 Å². The molecule has 0 N–H and O–H groups in total. The number of ketones is 1. The smallest absolute Gasteiger partial charge is 0.334 e. The van der Waals surface area contributed by atoms with Crippen molar-refractivity contribution >= 4 is 11.8 Å². The highest BCUT2D eigenvalue weighted by Crippen LogP contribution is 2.39. The molecule has 1 saturated heterocycles. The molecule has 0 bridgehead atoms. The number of rotatable bonds is 3. The molecule has 0 aromatic rings. The average Bonchev–Trinajstić information content (AvgIpc) is 2.46. The fourth-order valence-electron chi connectivity index (χ4n) is 2.83. The Kier molecular flexibility index (Phi) is 3.69. The van der Waals surface area contributed by atoms with Gasteiger partial charge in [0, 0.05) is 17.9 Å². The van der Waals surface area contributed by atoms with E-state index in [0.29, 0.717) is 17.9 Å². The van der Waals surface area contributed by atoms with Crippen molar-refractivity contribution in [2.24, 2.45) is 11.8 Å². The average molecular weight is 248 g/mol. The number of Topliss-reactive ketones (excluding diaryl/α,β-unsaturated/α-hetero) is 1. The minimum absolute atomic E-state index is 0.0221. The van der Waals surface area contributed by atoms with Crippen LogP contribution in [0.2, 0.25) is 0 Å². The summed E-state index contributed by atoms with van der Waals surface area (Å²) in [5.41, 5.74) is 1.93. The molecule has 1 aliphatic carbocycles. The normalized spacial score (nSPS) is 31.4. The first-order valence-electron chi connectivity index (χ1n) is 6.57.